The predicted octanol–water partition coefficient (Wildman–Crippen LogP) is 4.55. The number of aromatic nitrogens is 3. The topological polar surface area (TPSA) is 80.1 Å². The fourth-order valence-electron chi connectivity index (χ4n) is 3.18. The number of para-hydroxylation sites is 1. The smallest absolute Gasteiger partial charge is 0.336 e. The number of alkyl halides is 3. The molecule has 0 atom stereocenters. The Bertz CT molecular complexity index is 1140. The summed E-state index contributed by atoms with van der Waals surface area (Å²) in [5.74, 6) is -0.257. The molecular formula is C21H20F3N5O2S2. The molecule has 1 aliphatic rings. The molecule has 1 aromatic carbocycles. The summed E-state index contributed by atoms with van der Waals surface area (Å²) >= 11 is 2.79. The number of amides is 2. The van der Waals surface area contributed by atoms with Gasteiger partial charge in [0.2, 0.25) is 11.8 Å². The van der Waals surface area contributed by atoms with Crippen molar-refractivity contribution in [3.05, 3.63) is 47.3 Å². The maximum Gasteiger partial charge on any atom is 0.418 e. The summed E-state index contributed by atoms with van der Waals surface area (Å²) in [5.41, 5.74) is -1.28. The van der Waals surface area contributed by atoms with Crippen molar-refractivity contribution < 1.29 is 22.8 Å². The lowest BCUT2D eigenvalue weighted by molar-refractivity contribution is -0.137. The molecule has 1 saturated carbocycles. The van der Waals surface area contributed by atoms with Gasteiger partial charge in [-0.25, -0.2) is 0 Å². The number of rotatable bonds is 8. The number of anilines is 1. The van der Waals surface area contributed by atoms with Crippen molar-refractivity contribution in [2.75, 3.05) is 24.7 Å². The summed E-state index contributed by atoms with van der Waals surface area (Å²) in [6.45, 7) is -0.374. The van der Waals surface area contributed by atoms with Crippen molar-refractivity contribution in [1.82, 2.24) is 19.7 Å². The highest BCUT2D eigenvalue weighted by atomic mass is 32.2. The largest absolute Gasteiger partial charge is 0.418 e. The van der Waals surface area contributed by atoms with Gasteiger partial charge >= 0.3 is 6.18 Å². The van der Waals surface area contributed by atoms with E-state index in [-0.39, 0.29) is 23.9 Å². The van der Waals surface area contributed by atoms with Crippen LogP contribution in [0.2, 0.25) is 0 Å². The zero-order chi connectivity index (χ0) is 23.6. The van der Waals surface area contributed by atoms with E-state index in [2.05, 4.69) is 15.5 Å². The van der Waals surface area contributed by atoms with E-state index < -0.39 is 17.6 Å². The molecule has 0 aliphatic heterocycles. The van der Waals surface area contributed by atoms with Crippen LogP contribution >= 0.6 is 23.1 Å². The molecule has 1 N–H and O–H groups in total. The van der Waals surface area contributed by atoms with Crippen LogP contribution < -0.4 is 5.32 Å². The lowest BCUT2D eigenvalue weighted by Gasteiger charge is -2.18. The molecule has 2 aromatic heterocycles. The normalized spacial score (nSPS) is 13.7. The van der Waals surface area contributed by atoms with E-state index in [1.807, 2.05) is 22.1 Å². The molecule has 174 valence electrons. The molecule has 2 amide bonds. The third kappa shape index (κ3) is 5.56. The number of thioether (sulfide) groups is 1. The van der Waals surface area contributed by atoms with Gasteiger partial charge in [-0.2, -0.15) is 13.2 Å². The van der Waals surface area contributed by atoms with Gasteiger partial charge in [0.05, 0.1) is 28.4 Å². The fourth-order valence-corrected chi connectivity index (χ4v) is 4.83. The summed E-state index contributed by atoms with van der Waals surface area (Å²) in [6.07, 6.45) is -2.55. The molecule has 0 bridgehead atoms. The van der Waals surface area contributed by atoms with E-state index >= 15 is 0 Å². The number of likely N-dealkylation sites (N-methyl/N-ethyl adjacent to an activating group) is 1. The number of benzene rings is 1. The molecule has 0 spiro atoms. The van der Waals surface area contributed by atoms with E-state index in [1.165, 1.54) is 41.9 Å². The molecule has 0 radical (unpaired) electrons. The molecule has 12 heteroatoms. The van der Waals surface area contributed by atoms with Crippen LogP contribution in [0.25, 0.3) is 10.7 Å². The zero-order valence-corrected chi connectivity index (χ0v) is 19.1. The Morgan fingerprint density at radius 3 is 2.64 bits per heavy atom. The Hall–Kier alpha value is -2.86. The molecule has 1 aliphatic carbocycles. The van der Waals surface area contributed by atoms with E-state index in [1.54, 1.807) is 11.3 Å². The van der Waals surface area contributed by atoms with Gasteiger partial charge in [-0.3, -0.25) is 14.2 Å². The second kappa shape index (κ2) is 9.56. The molecule has 0 unspecified atom stereocenters. The first-order chi connectivity index (χ1) is 15.7. The standard InChI is InChI=1S/C21H20F3N5O2S2/c1-28(11-17(30)25-15-6-3-2-5-14(15)21(22,23)24)18(31)12-33-20-27-26-19(16-7-4-10-32-16)29(20)13-8-9-13/h2-7,10,13H,8-9,11-12H2,1H3,(H,25,30). The highest BCUT2D eigenvalue weighted by Gasteiger charge is 2.34. The first-order valence-electron chi connectivity index (χ1n) is 10.1. The molecular weight excluding hydrogens is 475 g/mol. The average Bonchev–Trinajstić information content (AvgIpc) is 3.28. The molecule has 4 rings (SSSR count). The Morgan fingerprint density at radius 2 is 1.97 bits per heavy atom. The highest BCUT2D eigenvalue weighted by Crippen LogP contribution is 2.41. The Morgan fingerprint density at radius 1 is 1.21 bits per heavy atom. The first kappa shape index (κ1) is 23.3. The van der Waals surface area contributed by atoms with Gasteiger partial charge in [-0.05, 0) is 36.4 Å². The molecule has 1 fully saturated rings. The number of carbonyl (C=O) groups is 2. The first-order valence-corrected chi connectivity index (χ1v) is 11.9. The van der Waals surface area contributed by atoms with Gasteiger partial charge in [0, 0.05) is 13.1 Å². The minimum absolute atomic E-state index is 0.0260. The SMILES string of the molecule is CN(CC(=O)Nc1ccccc1C(F)(F)F)C(=O)CSc1nnc(-c2cccs2)n1C1CC1. The van der Waals surface area contributed by atoms with Crippen LogP contribution in [0.1, 0.15) is 24.4 Å². The van der Waals surface area contributed by atoms with E-state index in [0.29, 0.717) is 11.2 Å². The lowest BCUT2D eigenvalue weighted by Crippen LogP contribution is -2.36. The van der Waals surface area contributed by atoms with Crippen molar-refractivity contribution in [1.29, 1.82) is 0 Å². The van der Waals surface area contributed by atoms with Gasteiger partial charge < -0.3 is 10.2 Å². The number of nitrogens with one attached hydrogen (secondary N) is 1. The van der Waals surface area contributed by atoms with Crippen LogP contribution in [0.3, 0.4) is 0 Å². The Kier molecular flexibility index (Phi) is 6.75. The Balaban J connectivity index is 1.35. The molecule has 0 saturated heterocycles. The fraction of sp³-hybridized carbons (Fsp3) is 0.333. The van der Waals surface area contributed by atoms with Crippen molar-refractivity contribution in [3.8, 4) is 10.7 Å². The zero-order valence-electron chi connectivity index (χ0n) is 17.5. The van der Waals surface area contributed by atoms with E-state index in [4.69, 9.17) is 0 Å². The summed E-state index contributed by atoms with van der Waals surface area (Å²) < 4.78 is 41.4. The maximum atomic E-state index is 13.1. The third-order valence-electron chi connectivity index (χ3n) is 4.96. The quantitative estimate of drug-likeness (QED) is 0.464. The summed E-state index contributed by atoms with van der Waals surface area (Å²) in [7, 11) is 1.43. The summed E-state index contributed by atoms with van der Waals surface area (Å²) in [6, 6.07) is 8.93. The van der Waals surface area contributed by atoms with Crippen molar-refractivity contribution in [3.63, 3.8) is 0 Å². The summed E-state index contributed by atoms with van der Waals surface area (Å²) in [5, 5.41) is 13.4. The number of nitrogens with zero attached hydrogens (tertiary/aromatic N) is 4. The second-order valence-corrected chi connectivity index (χ2v) is 9.40. The van der Waals surface area contributed by atoms with E-state index in [0.717, 1.165) is 29.6 Å². The van der Waals surface area contributed by atoms with Gasteiger partial charge in [0.15, 0.2) is 11.0 Å². The van der Waals surface area contributed by atoms with Crippen LogP contribution in [0, 0.1) is 0 Å². The van der Waals surface area contributed by atoms with Crippen molar-refractivity contribution in [2.24, 2.45) is 0 Å². The third-order valence-corrected chi connectivity index (χ3v) is 6.75. The van der Waals surface area contributed by atoms with Crippen LogP contribution in [0.15, 0.2) is 46.9 Å². The van der Waals surface area contributed by atoms with Crippen molar-refractivity contribution in [2.45, 2.75) is 30.2 Å². The van der Waals surface area contributed by atoms with Crippen LogP contribution in [0.4, 0.5) is 18.9 Å². The second-order valence-electron chi connectivity index (χ2n) is 7.51. The minimum atomic E-state index is -4.60. The van der Waals surface area contributed by atoms with Crippen molar-refractivity contribution >= 4 is 40.6 Å². The van der Waals surface area contributed by atoms with Crippen LogP contribution in [-0.4, -0.2) is 50.8 Å². The average molecular weight is 496 g/mol. The van der Waals surface area contributed by atoms with Crippen LogP contribution in [0.5, 0.6) is 0 Å². The van der Waals surface area contributed by atoms with Gasteiger partial charge in [-0.1, -0.05) is 30.0 Å². The van der Waals surface area contributed by atoms with Gasteiger partial charge in [0.25, 0.3) is 0 Å². The van der Waals surface area contributed by atoms with E-state index in [9.17, 15) is 22.8 Å². The lowest BCUT2D eigenvalue weighted by atomic mass is 10.1. The number of thiophene rings is 1. The summed E-state index contributed by atoms with van der Waals surface area (Å²) in [4.78, 5) is 27.0. The predicted molar refractivity (Wildman–Crippen MR) is 120 cm³/mol. The van der Waals surface area contributed by atoms with Crippen LogP contribution in [-0.2, 0) is 15.8 Å². The minimum Gasteiger partial charge on any atom is -0.336 e. The number of hydrogen-bond acceptors (Lipinski definition) is 6. The number of carbonyl (C=O) groups excluding carboxylic acids is 2. The molecule has 33 heavy (non-hydrogen) atoms. The highest BCUT2D eigenvalue weighted by molar-refractivity contribution is 7.99. The monoisotopic (exact) mass is 495 g/mol. The molecule has 3 aromatic rings. The van der Waals surface area contributed by atoms with Gasteiger partial charge in [-0.15, -0.1) is 21.5 Å². The Labute approximate surface area is 196 Å². The molecule has 7 nitrogen and oxygen atoms in total. The maximum absolute atomic E-state index is 13.1. The molecule has 2 heterocycles. The van der Waals surface area contributed by atoms with Gasteiger partial charge in [0.1, 0.15) is 0 Å². The number of halogens is 3. The number of hydrogen-bond donors (Lipinski definition) is 1.